The van der Waals surface area contributed by atoms with Crippen molar-refractivity contribution in [1.82, 2.24) is 14.7 Å². The Morgan fingerprint density at radius 1 is 1.00 bits per heavy atom. The molecule has 1 fully saturated rings. The number of hydrogen-bond donors (Lipinski definition) is 0. The van der Waals surface area contributed by atoms with E-state index in [9.17, 15) is 18.5 Å². The first-order valence-electron chi connectivity index (χ1n) is 14.5. The molecule has 1 unspecified atom stereocenters. The van der Waals surface area contributed by atoms with Crippen LogP contribution in [0.4, 0.5) is 5.69 Å². The molecule has 0 saturated carbocycles. The Morgan fingerprint density at radius 3 is 2.31 bits per heavy atom. The second-order valence-corrected chi connectivity index (χ2v) is 13.4. The van der Waals surface area contributed by atoms with E-state index < -0.39 is 27.5 Å². The summed E-state index contributed by atoms with van der Waals surface area (Å²) in [5, 5.41) is 9.97. The van der Waals surface area contributed by atoms with Gasteiger partial charge in [0.15, 0.2) is 5.54 Å². The van der Waals surface area contributed by atoms with Crippen LogP contribution in [-0.2, 0) is 31.7 Å². The summed E-state index contributed by atoms with van der Waals surface area (Å²) in [6.45, 7) is 0.851. The second kappa shape index (κ2) is 12.2. The number of anilines is 1. The van der Waals surface area contributed by atoms with Gasteiger partial charge in [-0.15, -0.1) is 0 Å². The lowest BCUT2D eigenvalue weighted by Crippen LogP contribution is -2.59. The van der Waals surface area contributed by atoms with Gasteiger partial charge in [0.1, 0.15) is 11.5 Å². The third-order valence-electron chi connectivity index (χ3n) is 8.39. The van der Waals surface area contributed by atoms with Gasteiger partial charge in [-0.25, -0.2) is 12.7 Å². The second-order valence-electron chi connectivity index (χ2n) is 11.7. The lowest BCUT2D eigenvalue weighted by Gasteiger charge is -2.42. The first kappa shape index (κ1) is 32.0. The van der Waals surface area contributed by atoms with E-state index in [-0.39, 0.29) is 22.1 Å². The summed E-state index contributed by atoms with van der Waals surface area (Å²) in [7, 11) is 5.63. The third-order valence-corrected chi connectivity index (χ3v) is 10.1. The van der Waals surface area contributed by atoms with Crippen molar-refractivity contribution in [2.45, 2.75) is 35.9 Å². The van der Waals surface area contributed by atoms with Gasteiger partial charge in [-0.1, -0.05) is 6.07 Å². The van der Waals surface area contributed by atoms with Crippen molar-refractivity contribution < 1.29 is 27.5 Å². The van der Waals surface area contributed by atoms with Gasteiger partial charge in [-0.2, -0.15) is 5.26 Å². The molecular formula is C33H37N5O6S. The first-order chi connectivity index (χ1) is 21.4. The number of amides is 2. The highest BCUT2D eigenvalue weighted by molar-refractivity contribution is 7.93. The summed E-state index contributed by atoms with van der Waals surface area (Å²) in [5.74, 6) is -0.176. The Bertz CT molecular complexity index is 1780. The standard InChI is InChI=1S/C33H37N5O6S/c1-35(2)21-23-10-16-30(44-6)27(19-23)33(37-17-7-8-29(37)31(39)36(3)4)26-18-22(20-34)9-15-28(26)38(32(33)40)45(41,42)25-13-11-24(43-5)12-14-25/h9-16,18-19,29H,7-8,17,21H2,1-6H3/t29?,33-/m0/s1. The van der Waals surface area contributed by atoms with Crippen LogP contribution in [-0.4, -0.2) is 89.9 Å². The van der Waals surface area contributed by atoms with Crippen LogP contribution in [0.3, 0.4) is 0 Å². The van der Waals surface area contributed by atoms with Gasteiger partial charge >= 0.3 is 0 Å². The van der Waals surface area contributed by atoms with E-state index in [1.165, 1.54) is 55.5 Å². The fourth-order valence-electron chi connectivity index (χ4n) is 6.45. The fourth-order valence-corrected chi connectivity index (χ4v) is 7.91. The van der Waals surface area contributed by atoms with Gasteiger partial charge in [-0.3, -0.25) is 14.5 Å². The number of nitriles is 1. The molecule has 0 N–H and O–H groups in total. The molecule has 0 aliphatic carbocycles. The molecule has 2 aliphatic heterocycles. The highest BCUT2D eigenvalue weighted by Gasteiger charge is 2.63. The number of fused-ring (bicyclic) bond motifs is 1. The van der Waals surface area contributed by atoms with Crippen molar-refractivity contribution in [2.24, 2.45) is 0 Å². The molecule has 11 nitrogen and oxygen atoms in total. The van der Waals surface area contributed by atoms with Crippen LogP contribution in [0.2, 0.25) is 0 Å². The molecule has 2 aliphatic rings. The van der Waals surface area contributed by atoms with Crippen molar-refractivity contribution in [3.63, 3.8) is 0 Å². The van der Waals surface area contributed by atoms with Crippen molar-refractivity contribution in [2.75, 3.05) is 53.3 Å². The SMILES string of the molecule is COc1ccc(S(=O)(=O)N2C(=O)[C@](c3cc(CN(C)C)ccc3OC)(N3CCCC3C(=O)N(C)C)c3cc(C#N)ccc32)cc1. The molecule has 236 valence electrons. The molecule has 3 aromatic rings. The summed E-state index contributed by atoms with van der Waals surface area (Å²) in [6, 6.07) is 17.2. The Morgan fingerprint density at radius 2 is 1.71 bits per heavy atom. The summed E-state index contributed by atoms with van der Waals surface area (Å²) < 4.78 is 40.8. The lowest BCUT2D eigenvalue weighted by molar-refractivity contribution is -0.138. The highest BCUT2D eigenvalue weighted by Crippen LogP contribution is 2.54. The van der Waals surface area contributed by atoms with Crippen molar-refractivity contribution in [3.05, 3.63) is 82.9 Å². The maximum atomic E-state index is 15.4. The average Bonchev–Trinajstić information content (AvgIpc) is 3.61. The molecule has 0 bridgehead atoms. The zero-order chi connectivity index (χ0) is 32.7. The number of hydrogen-bond acceptors (Lipinski definition) is 9. The number of benzene rings is 3. The number of likely N-dealkylation sites (N-methyl/N-ethyl adjacent to an activating group) is 1. The molecule has 0 radical (unpaired) electrons. The van der Waals surface area contributed by atoms with Gasteiger partial charge in [0.05, 0.1) is 42.5 Å². The molecule has 2 heterocycles. The quantitative estimate of drug-likeness (QED) is 0.350. The van der Waals surface area contributed by atoms with E-state index in [1.807, 2.05) is 31.1 Å². The molecule has 12 heteroatoms. The van der Waals surface area contributed by atoms with Gasteiger partial charge in [0.25, 0.3) is 15.9 Å². The number of ether oxygens (including phenoxy) is 2. The predicted molar refractivity (Wildman–Crippen MR) is 168 cm³/mol. The number of sulfonamides is 1. The van der Waals surface area contributed by atoms with Crippen molar-refractivity contribution >= 4 is 27.5 Å². The predicted octanol–water partition coefficient (Wildman–Crippen LogP) is 3.17. The molecule has 5 rings (SSSR count). The Kier molecular flexibility index (Phi) is 8.64. The number of likely N-dealkylation sites (tertiary alicyclic amines) is 1. The monoisotopic (exact) mass is 631 g/mol. The fraction of sp³-hybridized carbons (Fsp3) is 0.364. The molecule has 45 heavy (non-hydrogen) atoms. The molecule has 2 atom stereocenters. The summed E-state index contributed by atoms with van der Waals surface area (Å²) in [5.41, 5.74) is 0.0824. The van der Waals surface area contributed by atoms with Crippen LogP contribution in [0.1, 0.15) is 35.1 Å². The maximum Gasteiger partial charge on any atom is 0.271 e. The number of nitrogens with zero attached hydrogens (tertiary/aromatic N) is 5. The van der Waals surface area contributed by atoms with E-state index in [4.69, 9.17) is 9.47 Å². The molecular weight excluding hydrogens is 594 g/mol. The van der Waals surface area contributed by atoms with Crippen LogP contribution in [0.5, 0.6) is 11.5 Å². The molecule has 1 saturated heterocycles. The molecule has 0 spiro atoms. The normalized spacial score (nSPS) is 19.8. The minimum atomic E-state index is -4.48. The van der Waals surface area contributed by atoms with E-state index in [0.29, 0.717) is 48.6 Å². The minimum absolute atomic E-state index is 0.109. The van der Waals surface area contributed by atoms with Crippen LogP contribution in [0.25, 0.3) is 0 Å². The average molecular weight is 632 g/mol. The molecule has 3 aromatic carbocycles. The summed E-state index contributed by atoms with van der Waals surface area (Å²) in [4.78, 5) is 34.2. The smallest absolute Gasteiger partial charge is 0.271 e. The van der Waals surface area contributed by atoms with E-state index >= 15 is 4.79 Å². The zero-order valence-corrected chi connectivity index (χ0v) is 27.1. The molecule has 0 aromatic heterocycles. The van der Waals surface area contributed by atoms with Crippen molar-refractivity contribution in [3.8, 4) is 17.6 Å². The maximum absolute atomic E-state index is 15.4. The van der Waals surface area contributed by atoms with Crippen LogP contribution in [0, 0.1) is 11.3 Å². The number of carbonyl (C=O) groups excluding carboxylic acids is 2. The Balaban J connectivity index is 1.88. The number of rotatable bonds is 9. The number of carbonyl (C=O) groups is 2. The van der Waals surface area contributed by atoms with Crippen molar-refractivity contribution in [1.29, 1.82) is 5.26 Å². The van der Waals surface area contributed by atoms with Crippen LogP contribution in [0.15, 0.2) is 65.6 Å². The minimum Gasteiger partial charge on any atom is -0.497 e. The summed E-state index contributed by atoms with van der Waals surface area (Å²) >= 11 is 0. The Hall–Kier alpha value is -4.44. The van der Waals surface area contributed by atoms with Gasteiger partial charge in [-0.05, 0) is 87.1 Å². The molecule has 2 amide bonds. The van der Waals surface area contributed by atoms with E-state index in [2.05, 4.69) is 6.07 Å². The highest BCUT2D eigenvalue weighted by atomic mass is 32.2. The largest absolute Gasteiger partial charge is 0.497 e. The summed E-state index contributed by atoms with van der Waals surface area (Å²) in [6.07, 6.45) is 1.06. The van der Waals surface area contributed by atoms with E-state index in [1.54, 1.807) is 31.1 Å². The Labute approximate surface area is 264 Å². The van der Waals surface area contributed by atoms with Crippen LogP contribution < -0.4 is 13.8 Å². The topological polar surface area (TPSA) is 123 Å². The number of methoxy groups -OCH3 is 2. The van der Waals surface area contributed by atoms with Gasteiger partial charge in [0.2, 0.25) is 5.91 Å². The van der Waals surface area contributed by atoms with Crippen LogP contribution >= 0.6 is 0 Å². The van der Waals surface area contributed by atoms with Gasteiger partial charge < -0.3 is 19.3 Å². The lowest BCUT2D eigenvalue weighted by atomic mass is 9.79. The first-order valence-corrected chi connectivity index (χ1v) is 15.9. The third kappa shape index (κ3) is 5.20. The zero-order valence-electron chi connectivity index (χ0n) is 26.3. The van der Waals surface area contributed by atoms with Gasteiger partial charge in [0, 0.05) is 38.3 Å². The van der Waals surface area contributed by atoms with E-state index in [0.717, 1.165) is 9.87 Å².